The molecule has 0 radical (unpaired) electrons. The molecule has 1 aromatic carbocycles. The summed E-state index contributed by atoms with van der Waals surface area (Å²) in [4.78, 5) is 10.7. The van der Waals surface area contributed by atoms with Crippen LogP contribution in [0.3, 0.4) is 0 Å². The number of hydrogen-bond donors (Lipinski definition) is 0. The lowest BCUT2D eigenvalue weighted by atomic mass is 10.2. The van der Waals surface area contributed by atoms with E-state index in [1.54, 1.807) is 0 Å². The SMILES string of the molecule is CC[N+](CC)(CC=O)Cc1ccccc1.[Cl-]. The summed E-state index contributed by atoms with van der Waals surface area (Å²) >= 11 is 0. The van der Waals surface area contributed by atoms with Gasteiger partial charge in [-0.15, -0.1) is 0 Å². The molecule has 0 heterocycles. The van der Waals surface area contributed by atoms with E-state index in [4.69, 9.17) is 0 Å². The summed E-state index contributed by atoms with van der Waals surface area (Å²) in [6, 6.07) is 10.4. The summed E-state index contributed by atoms with van der Waals surface area (Å²) in [6.45, 7) is 7.87. The Hall–Kier alpha value is -0.860. The number of benzene rings is 1. The van der Waals surface area contributed by atoms with Crippen molar-refractivity contribution in [2.45, 2.75) is 20.4 Å². The molecule has 16 heavy (non-hydrogen) atoms. The van der Waals surface area contributed by atoms with Gasteiger partial charge in [-0.3, -0.25) is 4.79 Å². The minimum Gasteiger partial charge on any atom is -1.00 e. The zero-order chi connectivity index (χ0) is 11.1. The predicted molar refractivity (Wildman–Crippen MR) is 62.4 cm³/mol. The number of hydrogen-bond acceptors (Lipinski definition) is 1. The molecule has 0 unspecified atom stereocenters. The van der Waals surface area contributed by atoms with Crippen LogP contribution in [0.15, 0.2) is 30.3 Å². The summed E-state index contributed by atoms with van der Waals surface area (Å²) in [5.74, 6) is 0. The number of nitrogens with zero attached hydrogens (tertiary/aromatic N) is 1. The molecule has 0 aliphatic heterocycles. The number of likely N-dealkylation sites (N-methyl/N-ethyl adjacent to an activating group) is 1. The highest BCUT2D eigenvalue weighted by Gasteiger charge is 2.22. The Labute approximate surface area is 104 Å². The van der Waals surface area contributed by atoms with Gasteiger partial charge >= 0.3 is 0 Å². The van der Waals surface area contributed by atoms with Gasteiger partial charge in [0, 0.05) is 5.56 Å². The van der Waals surface area contributed by atoms with Gasteiger partial charge in [0.15, 0.2) is 6.29 Å². The minimum absolute atomic E-state index is 0. The highest BCUT2D eigenvalue weighted by atomic mass is 35.5. The molecule has 90 valence electrons. The van der Waals surface area contributed by atoms with Crippen molar-refractivity contribution in [3.05, 3.63) is 35.9 Å². The summed E-state index contributed by atoms with van der Waals surface area (Å²) in [6.07, 6.45) is 1.04. The van der Waals surface area contributed by atoms with E-state index in [2.05, 4.69) is 38.1 Å². The molecule has 0 bridgehead atoms. The van der Waals surface area contributed by atoms with Gasteiger partial charge in [0.25, 0.3) is 0 Å². The van der Waals surface area contributed by atoms with E-state index in [1.807, 2.05) is 6.07 Å². The van der Waals surface area contributed by atoms with Crippen LogP contribution in [-0.4, -0.2) is 30.4 Å². The molecule has 0 saturated heterocycles. The van der Waals surface area contributed by atoms with Crippen LogP contribution >= 0.6 is 0 Å². The quantitative estimate of drug-likeness (QED) is 0.473. The first-order chi connectivity index (χ1) is 7.26. The summed E-state index contributed by atoms with van der Waals surface area (Å²) < 4.78 is 0.855. The topological polar surface area (TPSA) is 17.1 Å². The fraction of sp³-hybridized carbons (Fsp3) is 0.462. The van der Waals surface area contributed by atoms with Gasteiger partial charge in [-0.2, -0.15) is 0 Å². The van der Waals surface area contributed by atoms with Gasteiger partial charge in [-0.05, 0) is 13.8 Å². The van der Waals surface area contributed by atoms with Crippen molar-refractivity contribution in [3.63, 3.8) is 0 Å². The number of rotatable bonds is 6. The van der Waals surface area contributed by atoms with Gasteiger partial charge in [0.05, 0.1) is 13.1 Å². The van der Waals surface area contributed by atoms with Crippen LogP contribution in [0.1, 0.15) is 19.4 Å². The number of halogens is 1. The zero-order valence-electron chi connectivity index (χ0n) is 10.0. The molecule has 0 aliphatic carbocycles. The fourth-order valence-electron chi connectivity index (χ4n) is 1.90. The Bertz CT molecular complexity index is 296. The average Bonchev–Trinajstić information content (AvgIpc) is 2.30. The molecular weight excluding hydrogens is 222 g/mol. The van der Waals surface area contributed by atoms with E-state index in [0.717, 1.165) is 30.4 Å². The van der Waals surface area contributed by atoms with Crippen molar-refractivity contribution in [3.8, 4) is 0 Å². The van der Waals surface area contributed by atoms with E-state index >= 15 is 0 Å². The molecule has 0 fully saturated rings. The second kappa shape index (κ2) is 7.42. The molecule has 1 rings (SSSR count). The van der Waals surface area contributed by atoms with Crippen LogP contribution < -0.4 is 12.4 Å². The molecule has 0 aliphatic rings. The third-order valence-corrected chi connectivity index (χ3v) is 3.16. The second-order valence-electron chi connectivity index (χ2n) is 3.97. The van der Waals surface area contributed by atoms with Gasteiger partial charge in [0.2, 0.25) is 0 Å². The molecule has 0 atom stereocenters. The average molecular weight is 242 g/mol. The van der Waals surface area contributed by atoms with Crippen LogP contribution in [0.25, 0.3) is 0 Å². The van der Waals surface area contributed by atoms with Crippen molar-refractivity contribution in [1.82, 2.24) is 0 Å². The first-order valence-corrected chi connectivity index (χ1v) is 5.59. The highest BCUT2D eigenvalue weighted by molar-refractivity contribution is 5.50. The van der Waals surface area contributed by atoms with Crippen molar-refractivity contribution in [2.24, 2.45) is 0 Å². The molecule has 0 spiro atoms. The maximum absolute atomic E-state index is 10.7. The lowest BCUT2D eigenvalue weighted by molar-refractivity contribution is -0.929. The largest absolute Gasteiger partial charge is 1.00 e. The van der Waals surface area contributed by atoms with Gasteiger partial charge in [-0.1, -0.05) is 30.3 Å². The maximum Gasteiger partial charge on any atom is 0.174 e. The van der Waals surface area contributed by atoms with E-state index < -0.39 is 0 Å². The molecule has 0 amide bonds. The number of aldehydes is 1. The standard InChI is InChI=1S/C13H20NO.ClH/c1-3-14(4-2,10-11-15)12-13-8-6-5-7-9-13;/h5-9,11H,3-4,10,12H2,1-2H3;1H/q+1;/p-1. The van der Waals surface area contributed by atoms with E-state index in [1.165, 1.54) is 5.56 Å². The molecule has 3 heteroatoms. The van der Waals surface area contributed by atoms with Crippen molar-refractivity contribution >= 4 is 6.29 Å². The Morgan fingerprint density at radius 2 is 1.69 bits per heavy atom. The lowest BCUT2D eigenvalue weighted by Crippen LogP contribution is -3.00. The van der Waals surface area contributed by atoms with Crippen LogP contribution in [0.2, 0.25) is 0 Å². The summed E-state index contributed by atoms with van der Waals surface area (Å²) in [5, 5.41) is 0. The first-order valence-electron chi connectivity index (χ1n) is 5.59. The van der Waals surface area contributed by atoms with Crippen molar-refractivity contribution < 1.29 is 21.7 Å². The van der Waals surface area contributed by atoms with Gasteiger partial charge < -0.3 is 16.9 Å². The number of carbonyl (C=O) groups excluding carboxylic acids is 1. The molecule has 2 nitrogen and oxygen atoms in total. The normalized spacial score (nSPS) is 10.6. The predicted octanol–water partition coefficient (Wildman–Crippen LogP) is -0.754. The highest BCUT2D eigenvalue weighted by Crippen LogP contribution is 2.13. The molecule has 1 aromatic rings. The van der Waals surface area contributed by atoms with Crippen LogP contribution in [0.4, 0.5) is 0 Å². The van der Waals surface area contributed by atoms with E-state index in [9.17, 15) is 4.79 Å². The van der Waals surface area contributed by atoms with Gasteiger partial charge in [0.1, 0.15) is 13.1 Å². The summed E-state index contributed by atoms with van der Waals surface area (Å²) in [5.41, 5.74) is 1.31. The Morgan fingerprint density at radius 3 is 2.12 bits per heavy atom. The van der Waals surface area contributed by atoms with Crippen molar-refractivity contribution in [1.29, 1.82) is 0 Å². The Balaban J connectivity index is 0.00000225. The van der Waals surface area contributed by atoms with E-state index in [-0.39, 0.29) is 12.4 Å². The number of quaternary nitrogens is 1. The van der Waals surface area contributed by atoms with Crippen LogP contribution in [0, 0.1) is 0 Å². The number of carbonyl (C=O) groups is 1. The second-order valence-corrected chi connectivity index (χ2v) is 3.97. The lowest BCUT2D eigenvalue weighted by Gasteiger charge is -2.35. The first kappa shape index (κ1) is 15.1. The van der Waals surface area contributed by atoms with Crippen LogP contribution in [0.5, 0.6) is 0 Å². The monoisotopic (exact) mass is 241 g/mol. The van der Waals surface area contributed by atoms with Gasteiger partial charge in [-0.25, -0.2) is 0 Å². The molecule has 0 N–H and O–H groups in total. The zero-order valence-corrected chi connectivity index (χ0v) is 10.8. The fourth-order valence-corrected chi connectivity index (χ4v) is 1.90. The third-order valence-electron chi connectivity index (χ3n) is 3.16. The van der Waals surface area contributed by atoms with Crippen molar-refractivity contribution in [2.75, 3.05) is 19.6 Å². The summed E-state index contributed by atoms with van der Waals surface area (Å²) in [7, 11) is 0. The molecule has 0 aromatic heterocycles. The Morgan fingerprint density at radius 1 is 1.12 bits per heavy atom. The maximum atomic E-state index is 10.7. The minimum atomic E-state index is 0. The van der Waals surface area contributed by atoms with Crippen LogP contribution in [-0.2, 0) is 11.3 Å². The Kier molecular flexibility index (Phi) is 7.02. The smallest absolute Gasteiger partial charge is 0.174 e. The molecule has 0 saturated carbocycles. The molecular formula is C13H20ClNO. The third kappa shape index (κ3) is 3.95. The van der Waals surface area contributed by atoms with E-state index in [0.29, 0.717) is 6.54 Å².